The Hall–Kier alpha value is -3.34. The molecule has 1 aliphatic rings. The molecule has 0 amide bonds. The first-order valence-corrected chi connectivity index (χ1v) is 10.8. The molecule has 2 aromatic carbocycles. The van der Waals surface area contributed by atoms with Crippen LogP contribution in [0, 0.1) is 11.3 Å². The third kappa shape index (κ3) is 5.03. The lowest BCUT2D eigenvalue weighted by molar-refractivity contribution is -0.139. The second-order valence-corrected chi connectivity index (χ2v) is 7.85. The Bertz CT molecular complexity index is 1180. The van der Waals surface area contributed by atoms with Gasteiger partial charge in [-0.2, -0.15) is 5.26 Å². The lowest BCUT2D eigenvalue weighted by atomic mass is 9.82. The summed E-state index contributed by atoms with van der Waals surface area (Å²) >= 11 is 12.1. The molecule has 0 bridgehead atoms. The molecule has 0 spiro atoms. The number of allylic oxidation sites excluding steroid dienone is 2. The van der Waals surface area contributed by atoms with Crippen LogP contribution in [0.4, 0.5) is 0 Å². The van der Waals surface area contributed by atoms with Crippen molar-refractivity contribution in [1.29, 1.82) is 5.26 Å². The number of ether oxygens (including phenoxy) is 4. The topological polar surface area (TPSA) is 104 Å². The summed E-state index contributed by atoms with van der Waals surface area (Å²) < 4.78 is 22.4. The maximum absolute atomic E-state index is 12.8. The number of hydrogen-bond acceptors (Lipinski definition) is 7. The highest BCUT2D eigenvalue weighted by atomic mass is 35.5. The lowest BCUT2D eigenvalue weighted by Crippen LogP contribution is -2.26. The Morgan fingerprint density at radius 3 is 2.64 bits per heavy atom. The molecule has 7 nitrogen and oxygen atoms in total. The van der Waals surface area contributed by atoms with E-state index < -0.39 is 11.9 Å². The molecule has 2 N–H and O–H groups in total. The molecule has 1 aliphatic heterocycles. The fourth-order valence-corrected chi connectivity index (χ4v) is 3.85. The third-order valence-electron chi connectivity index (χ3n) is 5.01. The molecule has 9 heteroatoms. The number of halogens is 2. The van der Waals surface area contributed by atoms with Gasteiger partial charge in [-0.15, -0.1) is 0 Å². The number of nitriles is 1. The van der Waals surface area contributed by atoms with Crippen molar-refractivity contribution in [3.63, 3.8) is 0 Å². The summed E-state index contributed by atoms with van der Waals surface area (Å²) in [5.74, 6) is -0.580. The second-order valence-electron chi connectivity index (χ2n) is 7.03. The van der Waals surface area contributed by atoms with E-state index in [1.807, 2.05) is 0 Å². The van der Waals surface area contributed by atoms with Crippen molar-refractivity contribution in [2.75, 3.05) is 13.7 Å². The summed E-state index contributed by atoms with van der Waals surface area (Å²) in [6.07, 6.45) is 0. The minimum atomic E-state index is -0.873. The molecule has 1 heterocycles. The summed E-state index contributed by atoms with van der Waals surface area (Å²) in [5.41, 5.74) is 7.50. The van der Waals surface area contributed by atoms with Gasteiger partial charge in [0.05, 0.1) is 35.3 Å². The van der Waals surface area contributed by atoms with Gasteiger partial charge in [0.2, 0.25) is 5.88 Å². The minimum absolute atomic E-state index is 0.0660. The van der Waals surface area contributed by atoms with E-state index in [-0.39, 0.29) is 36.0 Å². The summed E-state index contributed by atoms with van der Waals surface area (Å²) in [7, 11) is 1.50. The third-order valence-corrected chi connectivity index (χ3v) is 5.75. The van der Waals surface area contributed by atoms with E-state index in [2.05, 4.69) is 6.07 Å². The SMILES string of the molecule is CCOC(=O)C1=C(C)OC(N)=C(C#N)C1c1cccc(OC)c1OCc1ccc(Cl)c(Cl)c1. The van der Waals surface area contributed by atoms with Crippen LogP contribution in [0.15, 0.2) is 59.2 Å². The van der Waals surface area contributed by atoms with Gasteiger partial charge in [0.25, 0.3) is 0 Å². The molecule has 0 aliphatic carbocycles. The smallest absolute Gasteiger partial charge is 0.338 e. The van der Waals surface area contributed by atoms with Gasteiger partial charge >= 0.3 is 5.97 Å². The monoisotopic (exact) mass is 488 g/mol. The Balaban J connectivity index is 2.12. The molecule has 172 valence electrons. The van der Waals surface area contributed by atoms with Crippen molar-refractivity contribution in [3.05, 3.63) is 80.4 Å². The van der Waals surface area contributed by atoms with Gasteiger partial charge in [-0.25, -0.2) is 4.79 Å². The lowest BCUT2D eigenvalue weighted by Gasteiger charge is -2.28. The van der Waals surface area contributed by atoms with Gasteiger partial charge in [-0.3, -0.25) is 0 Å². The molecule has 0 aromatic heterocycles. The molecule has 0 saturated heterocycles. The normalized spacial score (nSPS) is 15.6. The highest BCUT2D eigenvalue weighted by molar-refractivity contribution is 6.42. The van der Waals surface area contributed by atoms with Crippen LogP contribution in [0.3, 0.4) is 0 Å². The molecule has 3 rings (SSSR count). The highest BCUT2D eigenvalue weighted by Gasteiger charge is 2.38. The van der Waals surface area contributed by atoms with E-state index in [1.54, 1.807) is 50.2 Å². The maximum Gasteiger partial charge on any atom is 0.338 e. The summed E-state index contributed by atoms with van der Waals surface area (Å²) in [6.45, 7) is 3.57. The van der Waals surface area contributed by atoms with Crippen molar-refractivity contribution < 1.29 is 23.7 Å². The van der Waals surface area contributed by atoms with E-state index in [4.69, 9.17) is 47.9 Å². The second kappa shape index (κ2) is 10.5. The van der Waals surface area contributed by atoms with Crippen LogP contribution in [-0.2, 0) is 20.9 Å². The van der Waals surface area contributed by atoms with Crippen molar-refractivity contribution in [2.24, 2.45) is 5.73 Å². The van der Waals surface area contributed by atoms with Crippen molar-refractivity contribution in [3.8, 4) is 17.6 Å². The molecule has 2 aromatic rings. The van der Waals surface area contributed by atoms with Gasteiger partial charge in [-0.1, -0.05) is 41.4 Å². The van der Waals surface area contributed by atoms with Gasteiger partial charge in [0.1, 0.15) is 24.0 Å². The van der Waals surface area contributed by atoms with Crippen LogP contribution in [0.2, 0.25) is 10.0 Å². The van der Waals surface area contributed by atoms with E-state index in [9.17, 15) is 10.1 Å². The number of methoxy groups -OCH3 is 1. The predicted octanol–water partition coefficient (Wildman–Crippen LogP) is 5.23. The largest absolute Gasteiger partial charge is 0.493 e. The van der Waals surface area contributed by atoms with Gasteiger partial charge < -0.3 is 24.7 Å². The number of nitrogens with zero attached hydrogens (tertiary/aromatic N) is 1. The number of carbonyl (C=O) groups excluding carboxylic acids is 1. The number of benzene rings is 2. The van der Waals surface area contributed by atoms with Crippen LogP contribution in [0.25, 0.3) is 0 Å². The van der Waals surface area contributed by atoms with Crippen LogP contribution >= 0.6 is 23.2 Å². The van der Waals surface area contributed by atoms with Crippen LogP contribution in [-0.4, -0.2) is 19.7 Å². The Morgan fingerprint density at radius 2 is 2.00 bits per heavy atom. The maximum atomic E-state index is 12.8. The van der Waals surface area contributed by atoms with Crippen LogP contribution < -0.4 is 15.2 Å². The molecular formula is C24H22Cl2N2O5. The van der Waals surface area contributed by atoms with Gasteiger partial charge in [-0.05, 0) is 37.6 Å². The van der Waals surface area contributed by atoms with Crippen molar-refractivity contribution >= 4 is 29.2 Å². The minimum Gasteiger partial charge on any atom is -0.493 e. The van der Waals surface area contributed by atoms with E-state index in [1.165, 1.54) is 7.11 Å². The van der Waals surface area contributed by atoms with Crippen molar-refractivity contribution in [2.45, 2.75) is 26.4 Å². The molecule has 0 fully saturated rings. The molecule has 33 heavy (non-hydrogen) atoms. The Morgan fingerprint density at radius 1 is 1.24 bits per heavy atom. The average molecular weight is 489 g/mol. The van der Waals surface area contributed by atoms with Gasteiger partial charge in [0.15, 0.2) is 11.5 Å². The zero-order valence-electron chi connectivity index (χ0n) is 18.3. The number of esters is 1. The van der Waals surface area contributed by atoms with E-state index in [0.717, 1.165) is 5.56 Å². The first-order valence-electron chi connectivity index (χ1n) is 10.0. The predicted molar refractivity (Wildman–Crippen MR) is 124 cm³/mol. The first-order chi connectivity index (χ1) is 15.8. The molecule has 1 atom stereocenters. The number of para-hydroxylation sites is 1. The quantitative estimate of drug-likeness (QED) is 0.532. The van der Waals surface area contributed by atoms with Crippen LogP contribution in [0.1, 0.15) is 30.9 Å². The fourth-order valence-electron chi connectivity index (χ4n) is 3.53. The average Bonchev–Trinajstić information content (AvgIpc) is 2.79. The Labute approximate surface area is 201 Å². The fraction of sp³-hybridized carbons (Fsp3) is 0.250. The molecule has 0 saturated carbocycles. The number of carbonyl (C=O) groups is 1. The summed E-state index contributed by atoms with van der Waals surface area (Å²) in [6, 6.07) is 12.4. The highest BCUT2D eigenvalue weighted by Crippen LogP contribution is 2.46. The first kappa shape index (κ1) is 24.3. The zero-order valence-corrected chi connectivity index (χ0v) is 19.8. The Kier molecular flexibility index (Phi) is 7.75. The zero-order chi connectivity index (χ0) is 24.1. The van der Waals surface area contributed by atoms with E-state index >= 15 is 0 Å². The van der Waals surface area contributed by atoms with Crippen LogP contribution in [0.5, 0.6) is 11.5 Å². The molecule has 1 unspecified atom stereocenters. The number of rotatable bonds is 7. The summed E-state index contributed by atoms with van der Waals surface area (Å²) in [5, 5.41) is 10.7. The van der Waals surface area contributed by atoms with Gasteiger partial charge in [0, 0.05) is 5.56 Å². The van der Waals surface area contributed by atoms with Crippen molar-refractivity contribution in [1.82, 2.24) is 0 Å². The van der Waals surface area contributed by atoms with E-state index in [0.29, 0.717) is 27.1 Å². The number of hydrogen-bond donors (Lipinski definition) is 1. The molecular weight excluding hydrogens is 467 g/mol. The molecule has 0 radical (unpaired) electrons. The summed E-state index contributed by atoms with van der Waals surface area (Å²) in [4.78, 5) is 12.8. The number of nitrogens with two attached hydrogens (primary N) is 1. The standard InChI is InChI=1S/C24H22Cl2N2O5/c1-4-31-24(29)20-13(2)33-23(28)16(11-27)21(20)15-6-5-7-19(30-3)22(15)32-12-14-8-9-17(25)18(26)10-14/h5-10,21H,4,12,28H2,1-3H3.